The van der Waals surface area contributed by atoms with Gasteiger partial charge in [-0.25, -0.2) is 4.79 Å². The topological polar surface area (TPSA) is 43.8 Å². The van der Waals surface area contributed by atoms with Gasteiger partial charge < -0.3 is 14.9 Å². The summed E-state index contributed by atoms with van der Waals surface area (Å²) in [6, 6.07) is 7.50. The van der Waals surface area contributed by atoms with Gasteiger partial charge in [-0.15, -0.1) is 0 Å². The summed E-state index contributed by atoms with van der Waals surface area (Å²) in [5, 5.41) is 9.06. The summed E-state index contributed by atoms with van der Waals surface area (Å²) in [5.41, 5.74) is 1.98. The number of likely N-dealkylation sites (tertiary alicyclic amines) is 2. The minimum atomic E-state index is -0.847. The van der Waals surface area contributed by atoms with Crippen LogP contribution in [0.15, 0.2) is 24.3 Å². The molecule has 1 aromatic carbocycles. The maximum atomic E-state index is 11.0. The highest BCUT2D eigenvalue weighted by Gasteiger charge is 2.29. The van der Waals surface area contributed by atoms with E-state index < -0.39 is 5.97 Å². The zero-order chi connectivity index (χ0) is 17.9. The van der Waals surface area contributed by atoms with Gasteiger partial charge in [-0.3, -0.25) is 0 Å². The molecule has 1 N–H and O–H groups in total. The summed E-state index contributed by atoms with van der Waals surface area (Å²) in [6.07, 6.45) is 5.14. The molecule has 2 aliphatic heterocycles. The van der Waals surface area contributed by atoms with Crippen LogP contribution in [-0.4, -0.2) is 60.1 Å². The molecule has 1 aromatic rings. The Hall–Kier alpha value is -1.39. The molecule has 4 heteroatoms. The zero-order valence-electron chi connectivity index (χ0n) is 15.7. The Morgan fingerprint density at radius 3 is 2.28 bits per heavy atom. The fraction of sp³-hybridized carbons (Fsp3) is 0.667. The van der Waals surface area contributed by atoms with Crippen LogP contribution < -0.4 is 0 Å². The lowest BCUT2D eigenvalue weighted by atomic mass is 9.87. The van der Waals surface area contributed by atoms with E-state index in [1.165, 1.54) is 57.4 Å². The predicted octanol–water partition coefficient (Wildman–Crippen LogP) is 3.69. The van der Waals surface area contributed by atoms with Crippen LogP contribution >= 0.6 is 0 Å². The monoisotopic (exact) mass is 344 g/mol. The van der Waals surface area contributed by atoms with Crippen molar-refractivity contribution in [1.29, 1.82) is 0 Å². The first kappa shape index (κ1) is 18.4. The molecular weight excluding hydrogens is 312 g/mol. The number of carboxylic acid groups (broad SMARTS) is 1. The molecule has 0 radical (unpaired) electrons. The maximum Gasteiger partial charge on any atom is 0.335 e. The lowest BCUT2D eigenvalue weighted by Gasteiger charge is -2.39. The third-order valence-corrected chi connectivity index (χ3v) is 5.64. The molecule has 2 aliphatic rings. The molecule has 2 saturated heterocycles. The van der Waals surface area contributed by atoms with Crippen molar-refractivity contribution >= 4 is 5.97 Å². The van der Waals surface area contributed by atoms with Crippen molar-refractivity contribution in [2.24, 2.45) is 5.41 Å². The Morgan fingerprint density at radius 2 is 1.64 bits per heavy atom. The van der Waals surface area contributed by atoms with Crippen LogP contribution in [0.1, 0.15) is 61.4 Å². The normalized spacial score (nSPS) is 23.0. The molecule has 0 aromatic heterocycles. The molecule has 0 bridgehead atoms. The van der Waals surface area contributed by atoms with Crippen molar-refractivity contribution in [3.8, 4) is 0 Å². The summed E-state index contributed by atoms with van der Waals surface area (Å²) < 4.78 is 0. The van der Waals surface area contributed by atoms with Gasteiger partial charge in [0.1, 0.15) is 0 Å². The summed E-state index contributed by atoms with van der Waals surface area (Å²) in [5.74, 6) is -0.320. The maximum absolute atomic E-state index is 11.0. The van der Waals surface area contributed by atoms with Crippen molar-refractivity contribution in [1.82, 2.24) is 9.80 Å². The van der Waals surface area contributed by atoms with E-state index >= 15 is 0 Å². The first-order valence-electron chi connectivity index (χ1n) is 9.71. The third kappa shape index (κ3) is 5.05. The Balaban J connectivity index is 1.57. The van der Waals surface area contributed by atoms with E-state index in [2.05, 4.69) is 23.6 Å². The number of benzene rings is 1. The van der Waals surface area contributed by atoms with E-state index in [4.69, 9.17) is 5.11 Å². The van der Waals surface area contributed by atoms with Gasteiger partial charge in [0.25, 0.3) is 0 Å². The lowest BCUT2D eigenvalue weighted by Crippen LogP contribution is -2.44. The standard InChI is InChI=1S/C21H32N2O2/c1-21(2,15-22-11-3-4-12-22)16-23-13-5-6-19(14-23)17-7-9-18(10-8-17)20(24)25/h7-10,19H,3-6,11-16H2,1-2H3,(H,24,25). The van der Waals surface area contributed by atoms with Crippen LogP contribution in [0.25, 0.3) is 0 Å². The van der Waals surface area contributed by atoms with Crippen molar-refractivity contribution in [2.75, 3.05) is 39.3 Å². The smallest absolute Gasteiger partial charge is 0.335 e. The number of hydrogen-bond acceptors (Lipinski definition) is 3. The average Bonchev–Trinajstić information content (AvgIpc) is 3.07. The number of rotatable bonds is 6. The molecule has 0 aliphatic carbocycles. The first-order valence-corrected chi connectivity index (χ1v) is 9.71. The van der Waals surface area contributed by atoms with Gasteiger partial charge in [0.05, 0.1) is 5.56 Å². The number of aromatic carboxylic acids is 1. The van der Waals surface area contributed by atoms with Crippen molar-refractivity contribution in [2.45, 2.75) is 45.4 Å². The predicted molar refractivity (Wildman–Crippen MR) is 101 cm³/mol. The molecule has 3 rings (SSSR count). The summed E-state index contributed by atoms with van der Waals surface area (Å²) in [6.45, 7) is 12.0. The van der Waals surface area contributed by atoms with E-state index in [1.54, 1.807) is 12.1 Å². The van der Waals surface area contributed by atoms with E-state index in [-0.39, 0.29) is 0 Å². The van der Waals surface area contributed by atoms with Crippen LogP contribution in [0.5, 0.6) is 0 Å². The molecule has 2 fully saturated rings. The minimum absolute atomic E-state index is 0.319. The number of carbonyl (C=O) groups is 1. The van der Waals surface area contributed by atoms with Gasteiger partial charge >= 0.3 is 5.97 Å². The van der Waals surface area contributed by atoms with Crippen molar-refractivity contribution < 1.29 is 9.90 Å². The lowest BCUT2D eigenvalue weighted by molar-refractivity contribution is 0.0696. The van der Waals surface area contributed by atoms with E-state index in [0.717, 1.165) is 13.1 Å². The molecular formula is C21H32N2O2. The molecule has 0 spiro atoms. The van der Waals surface area contributed by atoms with Crippen LogP contribution in [0.3, 0.4) is 0 Å². The molecule has 0 amide bonds. The summed E-state index contributed by atoms with van der Waals surface area (Å²) in [4.78, 5) is 16.3. The fourth-order valence-electron chi connectivity index (χ4n) is 4.57. The highest BCUT2D eigenvalue weighted by molar-refractivity contribution is 5.87. The quantitative estimate of drug-likeness (QED) is 0.855. The summed E-state index contributed by atoms with van der Waals surface area (Å²) >= 11 is 0. The third-order valence-electron chi connectivity index (χ3n) is 5.64. The Morgan fingerprint density at radius 1 is 1.04 bits per heavy atom. The van der Waals surface area contributed by atoms with Gasteiger partial charge in [0.15, 0.2) is 0 Å². The Bertz CT molecular complexity index is 576. The van der Waals surface area contributed by atoms with Crippen molar-refractivity contribution in [3.63, 3.8) is 0 Å². The molecule has 2 heterocycles. The second kappa shape index (κ2) is 7.88. The largest absolute Gasteiger partial charge is 0.478 e. The minimum Gasteiger partial charge on any atom is -0.478 e. The first-order chi connectivity index (χ1) is 11.9. The van der Waals surface area contributed by atoms with Crippen molar-refractivity contribution in [3.05, 3.63) is 35.4 Å². The fourth-order valence-corrected chi connectivity index (χ4v) is 4.57. The number of carboxylic acids is 1. The number of hydrogen-bond donors (Lipinski definition) is 1. The molecule has 4 nitrogen and oxygen atoms in total. The molecule has 0 saturated carbocycles. The van der Waals surface area contributed by atoms with Crippen LogP contribution in [0, 0.1) is 5.41 Å². The van der Waals surface area contributed by atoms with E-state index in [9.17, 15) is 4.79 Å². The van der Waals surface area contributed by atoms with Gasteiger partial charge in [0, 0.05) is 19.6 Å². The van der Waals surface area contributed by atoms with Gasteiger partial charge in [-0.05, 0) is 74.3 Å². The molecule has 25 heavy (non-hydrogen) atoms. The average molecular weight is 344 g/mol. The second-order valence-corrected chi connectivity index (χ2v) is 8.65. The molecule has 138 valence electrons. The van der Waals surface area contributed by atoms with E-state index in [1.807, 2.05) is 12.1 Å². The highest BCUT2D eigenvalue weighted by Crippen LogP contribution is 2.30. The van der Waals surface area contributed by atoms with E-state index in [0.29, 0.717) is 16.9 Å². The zero-order valence-corrected chi connectivity index (χ0v) is 15.7. The summed E-state index contributed by atoms with van der Waals surface area (Å²) in [7, 11) is 0. The SMILES string of the molecule is CC(C)(CN1CCCC1)CN1CCCC(c2ccc(C(=O)O)cc2)C1. The number of piperidine rings is 1. The van der Waals surface area contributed by atoms with Crippen LogP contribution in [0.4, 0.5) is 0 Å². The number of nitrogens with zero attached hydrogens (tertiary/aromatic N) is 2. The van der Waals surface area contributed by atoms with Gasteiger partial charge in [-0.1, -0.05) is 26.0 Å². The Labute approximate surface area is 151 Å². The van der Waals surface area contributed by atoms with Gasteiger partial charge in [0.2, 0.25) is 0 Å². The van der Waals surface area contributed by atoms with Crippen LogP contribution in [-0.2, 0) is 0 Å². The van der Waals surface area contributed by atoms with Gasteiger partial charge in [-0.2, -0.15) is 0 Å². The molecule has 1 unspecified atom stereocenters. The van der Waals surface area contributed by atoms with Crippen LogP contribution in [0.2, 0.25) is 0 Å². The Kier molecular flexibility index (Phi) is 5.80. The second-order valence-electron chi connectivity index (χ2n) is 8.65. The highest BCUT2D eigenvalue weighted by atomic mass is 16.4. The molecule has 1 atom stereocenters.